The van der Waals surface area contributed by atoms with Gasteiger partial charge in [0, 0.05) is 17.1 Å². The molecule has 6 nitrogen and oxygen atoms in total. The quantitative estimate of drug-likeness (QED) is 0.569. The summed E-state index contributed by atoms with van der Waals surface area (Å²) in [6, 6.07) is 6.34. The van der Waals surface area contributed by atoms with E-state index in [0.717, 1.165) is 0 Å². The van der Waals surface area contributed by atoms with Crippen LogP contribution in [0.2, 0.25) is 5.02 Å². The summed E-state index contributed by atoms with van der Waals surface area (Å²) in [4.78, 5) is 23.0. The van der Waals surface area contributed by atoms with E-state index in [1.54, 1.807) is 18.2 Å². The van der Waals surface area contributed by atoms with Crippen LogP contribution in [0.25, 0.3) is 0 Å². The van der Waals surface area contributed by atoms with Crippen molar-refractivity contribution in [1.29, 1.82) is 0 Å². The van der Waals surface area contributed by atoms with Gasteiger partial charge in [0.1, 0.15) is 0 Å². The average Bonchev–Trinajstić information content (AvgIpc) is 2.41. The lowest BCUT2D eigenvalue weighted by atomic mass is 10.2. The van der Waals surface area contributed by atoms with Crippen LogP contribution < -0.4 is 10.6 Å². The van der Waals surface area contributed by atoms with Crippen molar-refractivity contribution in [3.05, 3.63) is 34.9 Å². The summed E-state index contributed by atoms with van der Waals surface area (Å²) < 4.78 is 0. The van der Waals surface area contributed by atoms with Crippen molar-refractivity contribution in [1.82, 2.24) is 10.6 Å². The number of carbonyl (C=O) groups excluding carboxylic acids is 2. The summed E-state index contributed by atoms with van der Waals surface area (Å²) in [5.41, 5.74) is 0.357. The number of rotatable bonds is 6. The first-order valence-electron chi connectivity index (χ1n) is 5.62. The second-order valence-corrected chi connectivity index (χ2v) is 4.27. The molecule has 0 bridgehead atoms. The van der Waals surface area contributed by atoms with Gasteiger partial charge < -0.3 is 20.8 Å². The fourth-order valence-corrected chi connectivity index (χ4v) is 1.44. The zero-order chi connectivity index (χ0) is 14.3. The van der Waals surface area contributed by atoms with Crippen molar-refractivity contribution in [2.75, 3.05) is 19.7 Å². The maximum atomic E-state index is 11.7. The van der Waals surface area contributed by atoms with Crippen LogP contribution in [0.1, 0.15) is 10.4 Å². The molecule has 0 spiro atoms. The highest BCUT2D eigenvalue weighted by Gasteiger charge is 2.09. The van der Waals surface area contributed by atoms with Crippen molar-refractivity contribution in [3.63, 3.8) is 0 Å². The summed E-state index contributed by atoms with van der Waals surface area (Å²) >= 11 is 5.74. The van der Waals surface area contributed by atoms with Gasteiger partial charge in [0.05, 0.1) is 19.3 Å². The second-order valence-electron chi connectivity index (χ2n) is 3.83. The molecule has 1 unspecified atom stereocenters. The van der Waals surface area contributed by atoms with Crippen LogP contribution in [0.15, 0.2) is 24.3 Å². The Balaban J connectivity index is 2.36. The van der Waals surface area contributed by atoms with Gasteiger partial charge in [-0.15, -0.1) is 0 Å². The lowest BCUT2D eigenvalue weighted by Crippen LogP contribution is -2.40. The molecule has 1 rings (SSSR count). The number of aliphatic hydroxyl groups is 2. The molecular weight excluding hydrogens is 272 g/mol. The van der Waals surface area contributed by atoms with E-state index in [4.69, 9.17) is 21.8 Å². The molecule has 0 aliphatic carbocycles. The van der Waals surface area contributed by atoms with E-state index in [2.05, 4.69) is 10.6 Å². The average molecular weight is 287 g/mol. The SMILES string of the molecule is O=C(CNC(=O)c1cccc(Cl)c1)NCC(O)CO. The van der Waals surface area contributed by atoms with Gasteiger partial charge >= 0.3 is 0 Å². The minimum absolute atomic E-state index is 0.0671. The zero-order valence-corrected chi connectivity index (χ0v) is 10.9. The monoisotopic (exact) mass is 286 g/mol. The fourth-order valence-electron chi connectivity index (χ4n) is 1.25. The Morgan fingerprint density at radius 3 is 2.68 bits per heavy atom. The maximum absolute atomic E-state index is 11.7. The lowest BCUT2D eigenvalue weighted by Gasteiger charge is -2.09. The number of hydrogen-bond acceptors (Lipinski definition) is 4. The summed E-state index contributed by atoms with van der Waals surface area (Å²) in [6.45, 7) is -0.721. The normalized spacial score (nSPS) is 11.7. The van der Waals surface area contributed by atoms with Crippen LogP contribution in [0.3, 0.4) is 0 Å². The van der Waals surface area contributed by atoms with Crippen LogP contribution in [0.5, 0.6) is 0 Å². The number of hydrogen-bond donors (Lipinski definition) is 4. The topological polar surface area (TPSA) is 98.7 Å². The highest BCUT2D eigenvalue weighted by Crippen LogP contribution is 2.10. The van der Waals surface area contributed by atoms with Gasteiger partial charge in [0.2, 0.25) is 5.91 Å². The number of halogens is 1. The number of amides is 2. The molecule has 0 saturated heterocycles. The molecule has 0 heterocycles. The first kappa shape index (κ1) is 15.4. The molecule has 1 aromatic rings. The lowest BCUT2D eigenvalue weighted by molar-refractivity contribution is -0.120. The molecule has 1 aromatic carbocycles. The van der Waals surface area contributed by atoms with Crippen molar-refractivity contribution in [2.45, 2.75) is 6.10 Å². The molecule has 19 heavy (non-hydrogen) atoms. The molecular formula is C12H15ClN2O4. The number of nitrogens with one attached hydrogen (secondary N) is 2. The Morgan fingerprint density at radius 2 is 2.05 bits per heavy atom. The van der Waals surface area contributed by atoms with E-state index >= 15 is 0 Å². The number of benzene rings is 1. The van der Waals surface area contributed by atoms with Crippen molar-refractivity contribution >= 4 is 23.4 Å². The van der Waals surface area contributed by atoms with Crippen LogP contribution in [-0.2, 0) is 4.79 Å². The van der Waals surface area contributed by atoms with E-state index in [-0.39, 0.29) is 13.1 Å². The number of aliphatic hydroxyl groups excluding tert-OH is 2. The third-order valence-electron chi connectivity index (χ3n) is 2.24. The van der Waals surface area contributed by atoms with Crippen LogP contribution in [-0.4, -0.2) is 47.8 Å². The molecule has 0 aliphatic heterocycles. The highest BCUT2D eigenvalue weighted by atomic mass is 35.5. The molecule has 7 heteroatoms. The minimum Gasteiger partial charge on any atom is -0.394 e. The Morgan fingerprint density at radius 1 is 1.32 bits per heavy atom. The summed E-state index contributed by atoms with van der Waals surface area (Å²) in [7, 11) is 0. The standard InChI is InChI=1S/C12H15ClN2O4/c13-9-3-1-2-8(4-9)12(19)15-6-11(18)14-5-10(17)7-16/h1-4,10,16-17H,5-7H2,(H,14,18)(H,15,19). The molecule has 4 N–H and O–H groups in total. The largest absolute Gasteiger partial charge is 0.394 e. The van der Waals surface area contributed by atoms with Gasteiger partial charge in [0.25, 0.3) is 5.91 Å². The van der Waals surface area contributed by atoms with E-state index in [1.165, 1.54) is 6.07 Å². The Labute approximate surface area is 115 Å². The highest BCUT2D eigenvalue weighted by molar-refractivity contribution is 6.30. The van der Waals surface area contributed by atoms with Crippen LogP contribution in [0.4, 0.5) is 0 Å². The molecule has 2 amide bonds. The molecule has 104 valence electrons. The molecule has 0 aliphatic rings. The second kappa shape index (κ2) is 7.73. The van der Waals surface area contributed by atoms with E-state index in [9.17, 15) is 9.59 Å². The Hall–Kier alpha value is -1.63. The summed E-state index contributed by atoms with van der Waals surface area (Å²) in [5, 5.41) is 22.8. The van der Waals surface area contributed by atoms with Crippen LogP contribution in [0, 0.1) is 0 Å². The van der Waals surface area contributed by atoms with E-state index < -0.39 is 24.5 Å². The fraction of sp³-hybridized carbons (Fsp3) is 0.333. The van der Waals surface area contributed by atoms with Gasteiger partial charge in [-0.1, -0.05) is 17.7 Å². The van der Waals surface area contributed by atoms with Crippen LogP contribution >= 0.6 is 11.6 Å². The third-order valence-corrected chi connectivity index (χ3v) is 2.48. The van der Waals surface area contributed by atoms with Gasteiger partial charge in [0.15, 0.2) is 0 Å². The zero-order valence-electron chi connectivity index (χ0n) is 10.1. The Bertz CT molecular complexity index is 453. The van der Waals surface area contributed by atoms with Gasteiger partial charge in [-0.25, -0.2) is 0 Å². The van der Waals surface area contributed by atoms with E-state index in [1.807, 2.05) is 0 Å². The summed E-state index contributed by atoms with van der Waals surface area (Å²) in [5.74, 6) is -0.872. The first-order valence-corrected chi connectivity index (χ1v) is 6.00. The van der Waals surface area contributed by atoms with Crippen molar-refractivity contribution in [2.24, 2.45) is 0 Å². The molecule has 1 atom stereocenters. The molecule has 0 radical (unpaired) electrons. The van der Waals surface area contributed by atoms with Gasteiger partial charge in [-0.3, -0.25) is 9.59 Å². The number of carbonyl (C=O) groups is 2. The van der Waals surface area contributed by atoms with Crippen molar-refractivity contribution < 1.29 is 19.8 Å². The molecule has 0 aromatic heterocycles. The van der Waals surface area contributed by atoms with Crippen molar-refractivity contribution in [3.8, 4) is 0 Å². The third kappa shape index (κ3) is 5.69. The molecule has 0 fully saturated rings. The summed E-state index contributed by atoms with van der Waals surface area (Å²) in [6.07, 6.45) is -1.01. The minimum atomic E-state index is -1.01. The smallest absolute Gasteiger partial charge is 0.251 e. The first-order chi connectivity index (χ1) is 9.02. The molecule has 0 saturated carbocycles. The predicted octanol–water partition coefficient (Wildman–Crippen LogP) is -0.461. The predicted molar refractivity (Wildman–Crippen MR) is 69.9 cm³/mol. The van der Waals surface area contributed by atoms with Gasteiger partial charge in [-0.2, -0.15) is 0 Å². The van der Waals surface area contributed by atoms with Gasteiger partial charge in [-0.05, 0) is 18.2 Å². The maximum Gasteiger partial charge on any atom is 0.251 e. The van der Waals surface area contributed by atoms with E-state index in [0.29, 0.717) is 10.6 Å². The Kier molecular flexibility index (Phi) is 6.27.